The van der Waals surface area contributed by atoms with Crippen LogP contribution in [0.25, 0.3) is 28.7 Å². The molecule has 0 atom stereocenters. The van der Waals surface area contributed by atoms with Crippen LogP contribution in [0.2, 0.25) is 0 Å². The summed E-state index contributed by atoms with van der Waals surface area (Å²) >= 11 is 0. The molecule has 3 aromatic heterocycles. The number of aryl methyl sites for hydroxylation is 2. The second-order valence-corrected chi connectivity index (χ2v) is 6.16. The first-order chi connectivity index (χ1) is 12.7. The Hall–Kier alpha value is -3.48. The van der Waals surface area contributed by atoms with Gasteiger partial charge >= 0.3 is 0 Å². The van der Waals surface area contributed by atoms with Crippen LogP contribution in [0.4, 0.5) is 0 Å². The number of rotatable bonds is 2. The van der Waals surface area contributed by atoms with Gasteiger partial charge in [-0.05, 0) is 38.1 Å². The molecule has 1 aromatic carbocycles. The van der Waals surface area contributed by atoms with Crippen LogP contribution < -0.4 is 9.47 Å². The second kappa shape index (κ2) is 5.52. The zero-order valence-electron chi connectivity index (χ0n) is 14.3. The Bertz CT molecular complexity index is 1160. The van der Waals surface area contributed by atoms with Gasteiger partial charge in [-0.15, -0.1) is 5.10 Å². The van der Waals surface area contributed by atoms with E-state index in [1.807, 2.05) is 50.3 Å². The molecule has 4 heterocycles. The zero-order chi connectivity index (χ0) is 17.7. The van der Waals surface area contributed by atoms with E-state index in [1.54, 1.807) is 10.7 Å². The lowest BCUT2D eigenvalue weighted by Gasteiger charge is -2.01. The molecule has 4 aromatic rings. The molecule has 0 saturated carbocycles. The Morgan fingerprint density at radius 3 is 2.73 bits per heavy atom. The number of pyridine rings is 1. The minimum atomic E-state index is 0.256. The number of fused-ring (bicyclic) bond motifs is 3. The highest BCUT2D eigenvalue weighted by atomic mass is 16.7. The van der Waals surface area contributed by atoms with Crippen molar-refractivity contribution in [1.29, 1.82) is 0 Å². The van der Waals surface area contributed by atoms with Crippen molar-refractivity contribution in [2.45, 2.75) is 13.8 Å². The number of aromatic nitrogens is 5. The molecule has 0 spiro atoms. The summed E-state index contributed by atoms with van der Waals surface area (Å²) in [6.45, 7) is 4.13. The standard InChI is InChI=1S/C19H15N5O2/c1-11-9-20-12(2)19-22-18(23-24(11)19)6-5-14-4-3-13-7-16-17(26-10-25-16)8-15(13)21-14/h3-9H,10H2,1-2H3/b6-5+. The van der Waals surface area contributed by atoms with Crippen molar-refractivity contribution in [3.63, 3.8) is 0 Å². The minimum Gasteiger partial charge on any atom is -0.454 e. The molecule has 0 bridgehead atoms. The zero-order valence-corrected chi connectivity index (χ0v) is 14.3. The summed E-state index contributed by atoms with van der Waals surface area (Å²) in [6, 6.07) is 7.81. The van der Waals surface area contributed by atoms with Gasteiger partial charge in [0.1, 0.15) is 0 Å². The molecule has 0 N–H and O–H groups in total. The van der Waals surface area contributed by atoms with E-state index >= 15 is 0 Å². The smallest absolute Gasteiger partial charge is 0.231 e. The third kappa shape index (κ3) is 2.36. The van der Waals surface area contributed by atoms with Crippen LogP contribution in [0, 0.1) is 13.8 Å². The minimum absolute atomic E-state index is 0.256. The molecule has 0 saturated heterocycles. The fraction of sp³-hybridized carbons (Fsp3) is 0.158. The molecule has 128 valence electrons. The van der Waals surface area contributed by atoms with Crippen LogP contribution in [0.5, 0.6) is 11.5 Å². The predicted molar refractivity (Wildman–Crippen MR) is 97.1 cm³/mol. The summed E-state index contributed by atoms with van der Waals surface area (Å²) in [6.07, 6.45) is 5.55. The van der Waals surface area contributed by atoms with E-state index in [0.717, 1.165) is 45.1 Å². The average molecular weight is 345 g/mol. The molecule has 0 unspecified atom stereocenters. The third-order valence-electron chi connectivity index (χ3n) is 4.33. The number of hydrogen-bond donors (Lipinski definition) is 0. The molecule has 0 radical (unpaired) electrons. The Kier molecular flexibility index (Phi) is 3.15. The van der Waals surface area contributed by atoms with Crippen LogP contribution in [-0.2, 0) is 0 Å². The van der Waals surface area contributed by atoms with Gasteiger partial charge in [-0.1, -0.05) is 6.07 Å². The lowest BCUT2D eigenvalue weighted by molar-refractivity contribution is 0.174. The summed E-state index contributed by atoms with van der Waals surface area (Å²) in [7, 11) is 0. The second-order valence-electron chi connectivity index (χ2n) is 6.16. The normalized spacial score (nSPS) is 13.3. The van der Waals surface area contributed by atoms with E-state index in [2.05, 4.69) is 20.1 Å². The molecule has 1 aliphatic heterocycles. The largest absolute Gasteiger partial charge is 0.454 e. The number of hydrogen-bond acceptors (Lipinski definition) is 6. The fourth-order valence-corrected chi connectivity index (χ4v) is 2.96. The maximum Gasteiger partial charge on any atom is 0.231 e. The molecule has 0 fully saturated rings. The van der Waals surface area contributed by atoms with Crippen LogP contribution in [0.1, 0.15) is 22.9 Å². The summed E-state index contributed by atoms with van der Waals surface area (Å²) in [5, 5.41) is 5.52. The maximum atomic E-state index is 5.42. The molecule has 7 heteroatoms. The molecular weight excluding hydrogens is 330 g/mol. The number of nitrogens with zero attached hydrogens (tertiary/aromatic N) is 5. The van der Waals surface area contributed by atoms with Crippen molar-refractivity contribution < 1.29 is 9.47 Å². The van der Waals surface area contributed by atoms with Crippen molar-refractivity contribution in [1.82, 2.24) is 24.6 Å². The quantitative estimate of drug-likeness (QED) is 0.555. The van der Waals surface area contributed by atoms with Gasteiger partial charge in [-0.2, -0.15) is 0 Å². The highest BCUT2D eigenvalue weighted by molar-refractivity contribution is 5.84. The van der Waals surface area contributed by atoms with Gasteiger partial charge < -0.3 is 9.47 Å². The first-order valence-electron chi connectivity index (χ1n) is 8.25. The fourth-order valence-electron chi connectivity index (χ4n) is 2.96. The Labute approximate surface area is 148 Å². The lowest BCUT2D eigenvalue weighted by atomic mass is 10.1. The highest BCUT2D eigenvalue weighted by Gasteiger charge is 2.14. The van der Waals surface area contributed by atoms with Crippen molar-refractivity contribution >= 4 is 28.7 Å². The van der Waals surface area contributed by atoms with Gasteiger partial charge in [0.25, 0.3) is 0 Å². The van der Waals surface area contributed by atoms with E-state index in [-0.39, 0.29) is 6.79 Å². The van der Waals surface area contributed by atoms with E-state index < -0.39 is 0 Å². The first kappa shape index (κ1) is 14.8. The van der Waals surface area contributed by atoms with Crippen molar-refractivity contribution in [3.8, 4) is 11.5 Å². The molecule has 0 aliphatic carbocycles. The van der Waals surface area contributed by atoms with Crippen LogP contribution in [0.15, 0.2) is 30.5 Å². The molecule has 5 rings (SSSR count). The van der Waals surface area contributed by atoms with Gasteiger partial charge in [-0.3, -0.25) is 4.98 Å². The summed E-state index contributed by atoms with van der Waals surface area (Å²) in [4.78, 5) is 13.5. The molecular formula is C19H15N5O2. The van der Waals surface area contributed by atoms with E-state index in [1.165, 1.54) is 0 Å². The van der Waals surface area contributed by atoms with Crippen molar-refractivity contribution in [2.24, 2.45) is 0 Å². The van der Waals surface area contributed by atoms with Gasteiger partial charge in [0.05, 0.1) is 22.6 Å². The summed E-state index contributed by atoms with van der Waals surface area (Å²) < 4.78 is 12.6. The van der Waals surface area contributed by atoms with E-state index in [4.69, 9.17) is 9.47 Å². The van der Waals surface area contributed by atoms with Crippen LogP contribution in [0.3, 0.4) is 0 Å². The van der Waals surface area contributed by atoms with Gasteiger partial charge in [0.2, 0.25) is 6.79 Å². The first-order valence-corrected chi connectivity index (χ1v) is 8.25. The van der Waals surface area contributed by atoms with Gasteiger partial charge in [0, 0.05) is 17.6 Å². The topological polar surface area (TPSA) is 74.4 Å². The van der Waals surface area contributed by atoms with Crippen molar-refractivity contribution in [3.05, 3.63) is 53.4 Å². The highest BCUT2D eigenvalue weighted by Crippen LogP contribution is 2.35. The Morgan fingerprint density at radius 2 is 1.88 bits per heavy atom. The SMILES string of the molecule is Cc1ncc(C)n2nc(/C=C/c3ccc4cc5c(cc4n3)OCO5)nc12. The van der Waals surface area contributed by atoms with E-state index in [0.29, 0.717) is 5.82 Å². The molecule has 1 aliphatic rings. The summed E-state index contributed by atoms with van der Waals surface area (Å²) in [5.74, 6) is 2.11. The monoisotopic (exact) mass is 345 g/mol. The molecule has 7 nitrogen and oxygen atoms in total. The van der Waals surface area contributed by atoms with Crippen molar-refractivity contribution in [2.75, 3.05) is 6.79 Å². The summed E-state index contributed by atoms with van der Waals surface area (Å²) in [5.41, 5.74) is 4.24. The van der Waals surface area contributed by atoms with Gasteiger partial charge in [-0.25, -0.2) is 14.5 Å². The van der Waals surface area contributed by atoms with Gasteiger partial charge in [0.15, 0.2) is 23.0 Å². The van der Waals surface area contributed by atoms with Crippen LogP contribution >= 0.6 is 0 Å². The Morgan fingerprint density at radius 1 is 1.04 bits per heavy atom. The van der Waals surface area contributed by atoms with Crippen LogP contribution in [-0.4, -0.2) is 31.4 Å². The average Bonchev–Trinajstić information content (AvgIpc) is 3.28. The predicted octanol–water partition coefficient (Wildman–Crippen LogP) is 3.19. The number of ether oxygens (including phenoxy) is 2. The molecule has 26 heavy (non-hydrogen) atoms. The Balaban J connectivity index is 1.51. The molecule has 0 amide bonds. The lowest BCUT2D eigenvalue weighted by Crippen LogP contribution is -1.97. The maximum absolute atomic E-state index is 5.42. The number of benzene rings is 1. The third-order valence-corrected chi connectivity index (χ3v) is 4.33. The van der Waals surface area contributed by atoms with E-state index in [9.17, 15) is 0 Å².